The normalized spacial score (nSPS) is 10.0. The van der Waals surface area contributed by atoms with Crippen molar-refractivity contribution in [3.63, 3.8) is 0 Å². The van der Waals surface area contributed by atoms with Crippen LogP contribution in [0, 0.1) is 0 Å². The Morgan fingerprint density at radius 1 is 1.18 bits per heavy atom. The third-order valence-electron chi connectivity index (χ3n) is 2.60. The van der Waals surface area contributed by atoms with Gasteiger partial charge in [0.2, 0.25) is 0 Å². The van der Waals surface area contributed by atoms with Crippen LogP contribution in [-0.4, -0.2) is 17.9 Å². The fraction of sp³-hybridized carbons (Fsp3) is 0.143. The number of Topliss-reactive ketones (excluding diaryl/α,β-unsaturated/α-hetero) is 1. The maximum absolute atomic E-state index is 11.6. The largest absolute Gasteiger partial charge is 0.496 e. The summed E-state index contributed by atoms with van der Waals surface area (Å²) in [5.74, 6) is 0.750. The lowest BCUT2D eigenvalue weighted by Gasteiger charge is -2.10. The van der Waals surface area contributed by atoms with E-state index in [9.17, 15) is 4.79 Å². The number of aromatic nitrogens is 1. The molecule has 1 aromatic heterocycles. The molecule has 0 saturated carbocycles. The molecule has 0 atom stereocenters. The number of ketones is 1. The second-order valence-corrected chi connectivity index (χ2v) is 3.68. The van der Waals surface area contributed by atoms with Crippen molar-refractivity contribution in [2.24, 2.45) is 0 Å². The smallest absolute Gasteiger partial charge is 0.161 e. The summed E-state index contributed by atoms with van der Waals surface area (Å²) in [6, 6.07) is 9.45. The first-order valence-electron chi connectivity index (χ1n) is 5.32. The fourth-order valence-electron chi connectivity index (χ4n) is 1.78. The molecule has 3 nitrogen and oxygen atoms in total. The summed E-state index contributed by atoms with van der Waals surface area (Å²) in [5, 5.41) is 0. The van der Waals surface area contributed by atoms with Crippen molar-refractivity contribution in [3.8, 4) is 16.9 Å². The summed E-state index contributed by atoms with van der Waals surface area (Å²) in [5.41, 5.74) is 2.37. The lowest BCUT2D eigenvalue weighted by atomic mass is 9.99. The van der Waals surface area contributed by atoms with Crippen molar-refractivity contribution >= 4 is 5.78 Å². The first-order chi connectivity index (χ1) is 8.24. The van der Waals surface area contributed by atoms with Gasteiger partial charge in [-0.1, -0.05) is 18.2 Å². The second-order valence-electron chi connectivity index (χ2n) is 3.68. The summed E-state index contributed by atoms with van der Waals surface area (Å²) in [7, 11) is 1.62. The lowest BCUT2D eigenvalue weighted by Crippen LogP contribution is -1.98. The van der Waals surface area contributed by atoms with Gasteiger partial charge in [0, 0.05) is 23.5 Å². The lowest BCUT2D eigenvalue weighted by molar-refractivity contribution is 0.101. The predicted octanol–water partition coefficient (Wildman–Crippen LogP) is 2.96. The zero-order chi connectivity index (χ0) is 12.3. The summed E-state index contributed by atoms with van der Waals surface area (Å²) < 4.78 is 5.30. The van der Waals surface area contributed by atoms with E-state index in [1.807, 2.05) is 30.3 Å². The molecule has 2 rings (SSSR count). The first kappa shape index (κ1) is 11.3. The van der Waals surface area contributed by atoms with E-state index in [2.05, 4.69) is 4.98 Å². The van der Waals surface area contributed by atoms with E-state index in [1.54, 1.807) is 19.5 Å². The molecule has 0 amide bonds. The number of carbonyl (C=O) groups is 1. The van der Waals surface area contributed by atoms with Crippen LogP contribution in [0.3, 0.4) is 0 Å². The number of hydrogen-bond donors (Lipinski definition) is 0. The number of hydrogen-bond acceptors (Lipinski definition) is 3. The van der Waals surface area contributed by atoms with Gasteiger partial charge in [-0.25, -0.2) is 0 Å². The van der Waals surface area contributed by atoms with Gasteiger partial charge in [0.1, 0.15) is 5.75 Å². The van der Waals surface area contributed by atoms with Crippen molar-refractivity contribution < 1.29 is 9.53 Å². The minimum atomic E-state index is -0.000920. The Morgan fingerprint density at radius 3 is 2.65 bits per heavy atom. The Labute approximate surface area is 100 Å². The van der Waals surface area contributed by atoms with Crippen LogP contribution in [0.5, 0.6) is 5.75 Å². The molecule has 3 heteroatoms. The molecule has 0 radical (unpaired) electrons. The average molecular weight is 227 g/mol. The summed E-state index contributed by atoms with van der Waals surface area (Å²) >= 11 is 0. The molecule has 0 aliphatic rings. The van der Waals surface area contributed by atoms with Crippen LogP contribution < -0.4 is 4.74 Å². The monoisotopic (exact) mass is 227 g/mol. The van der Waals surface area contributed by atoms with Gasteiger partial charge < -0.3 is 4.74 Å². The SMILES string of the molecule is COc1ccccc1-c1ccncc1C(C)=O. The van der Waals surface area contributed by atoms with E-state index in [4.69, 9.17) is 4.74 Å². The van der Waals surface area contributed by atoms with Gasteiger partial charge in [-0.2, -0.15) is 0 Å². The molecule has 1 heterocycles. The highest BCUT2D eigenvalue weighted by atomic mass is 16.5. The van der Waals surface area contributed by atoms with E-state index >= 15 is 0 Å². The Balaban J connectivity index is 2.64. The Hall–Kier alpha value is -2.16. The van der Waals surface area contributed by atoms with Crippen LogP contribution in [0.1, 0.15) is 17.3 Å². The van der Waals surface area contributed by atoms with Crippen LogP contribution in [0.2, 0.25) is 0 Å². The van der Waals surface area contributed by atoms with Crippen LogP contribution >= 0.6 is 0 Å². The molecule has 0 saturated heterocycles. The van der Waals surface area contributed by atoms with E-state index < -0.39 is 0 Å². The van der Waals surface area contributed by atoms with Crippen molar-refractivity contribution in [3.05, 3.63) is 48.3 Å². The van der Waals surface area contributed by atoms with Crippen molar-refractivity contribution in [2.45, 2.75) is 6.92 Å². The quantitative estimate of drug-likeness (QED) is 0.757. The molecule has 0 bridgehead atoms. The molecular formula is C14H13NO2. The average Bonchev–Trinajstić information content (AvgIpc) is 2.38. The van der Waals surface area contributed by atoms with Crippen LogP contribution in [0.4, 0.5) is 0 Å². The van der Waals surface area contributed by atoms with Crippen LogP contribution in [-0.2, 0) is 0 Å². The number of ether oxygens (including phenoxy) is 1. The Kier molecular flexibility index (Phi) is 3.19. The highest BCUT2D eigenvalue weighted by Crippen LogP contribution is 2.31. The summed E-state index contributed by atoms with van der Waals surface area (Å²) in [6.45, 7) is 1.54. The summed E-state index contributed by atoms with van der Waals surface area (Å²) in [6.07, 6.45) is 3.26. The van der Waals surface area contributed by atoms with Gasteiger partial charge >= 0.3 is 0 Å². The standard InChI is InChI=1S/C14H13NO2/c1-10(16)13-9-15-8-7-11(13)12-5-3-4-6-14(12)17-2/h3-9H,1-2H3. The van der Waals surface area contributed by atoms with Gasteiger partial charge in [0.15, 0.2) is 5.78 Å². The molecule has 0 unspecified atom stereocenters. The number of para-hydroxylation sites is 1. The highest BCUT2D eigenvalue weighted by molar-refractivity contribution is 6.01. The van der Waals surface area contributed by atoms with Crippen LogP contribution in [0.15, 0.2) is 42.7 Å². The number of pyridine rings is 1. The molecule has 0 fully saturated rings. The Bertz CT molecular complexity index is 549. The van der Waals surface area contributed by atoms with Crippen molar-refractivity contribution in [2.75, 3.05) is 7.11 Å². The number of methoxy groups -OCH3 is 1. The molecule has 0 N–H and O–H groups in total. The van der Waals surface area contributed by atoms with Gasteiger partial charge in [-0.15, -0.1) is 0 Å². The van der Waals surface area contributed by atoms with E-state index in [0.717, 1.165) is 16.9 Å². The van der Waals surface area contributed by atoms with Crippen LogP contribution in [0.25, 0.3) is 11.1 Å². The second kappa shape index (κ2) is 4.78. The zero-order valence-electron chi connectivity index (χ0n) is 9.81. The molecule has 0 spiro atoms. The predicted molar refractivity (Wildman–Crippen MR) is 66.2 cm³/mol. The molecule has 1 aromatic carbocycles. The highest BCUT2D eigenvalue weighted by Gasteiger charge is 2.12. The maximum Gasteiger partial charge on any atom is 0.161 e. The molecule has 0 aliphatic heterocycles. The number of rotatable bonds is 3. The van der Waals surface area contributed by atoms with E-state index in [0.29, 0.717) is 5.56 Å². The van der Waals surface area contributed by atoms with Gasteiger partial charge in [0.25, 0.3) is 0 Å². The molecule has 2 aromatic rings. The summed E-state index contributed by atoms with van der Waals surface area (Å²) in [4.78, 5) is 15.5. The Morgan fingerprint density at radius 2 is 1.94 bits per heavy atom. The molecule has 17 heavy (non-hydrogen) atoms. The van der Waals surface area contributed by atoms with Crippen molar-refractivity contribution in [1.82, 2.24) is 4.98 Å². The minimum Gasteiger partial charge on any atom is -0.496 e. The van der Waals surface area contributed by atoms with Gasteiger partial charge in [-0.05, 0) is 24.6 Å². The molecule has 86 valence electrons. The van der Waals surface area contributed by atoms with E-state index in [1.165, 1.54) is 6.92 Å². The van der Waals surface area contributed by atoms with Gasteiger partial charge in [0.05, 0.1) is 7.11 Å². The third-order valence-corrected chi connectivity index (χ3v) is 2.60. The van der Waals surface area contributed by atoms with Crippen molar-refractivity contribution in [1.29, 1.82) is 0 Å². The third kappa shape index (κ3) is 2.18. The topological polar surface area (TPSA) is 39.2 Å². The number of benzene rings is 1. The minimum absolute atomic E-state index is 0.000920. The maximum atomic E-state index is 11.6. The van der Waals surface area contributed by atoms with Gasteiger partial charge in [-0.3, -0.25) is 9.78 Å². The molecular weight excluding hydrogens is 214 g/mol. The zero-order valence-corrected chi connectivity index (χ0v) is 9.81. The fourth-order valence-corrected chi connectivity index (χ4v) is 1.78. The first-order valence-corrected chi connectivity index (χ1v) is 5.32. The molecule has 0 aliphatic carbocycles. The van der Waals surface area contributed by atoms with E-state index in [-0.39, 0.29) is 5.78 Å². The number of carbonyl (C=O) groups excluding carboxylic acids is 1. The number of nitrogens with zero attached hydrogens (tertiary/aromatic N) is 1.